The van der Waals surface area contributed by atoms with E-state index in [1.165, 1.54) is 24.3 Å². The Hall–Kier alpha value is -2.68. The van der Waals surface area contributed by atoms with Gasteiger partial charge in [-0.3, -0.25) is 20.8 Å². The number of ether oxygens (including phenoxy) is 1. The van der Waals surface area contributed by atoms with Crippen molar-refractivity contribution in [2.45, 2.75) is 6.61 Å². The minimum atomic E-state index is -0.720. The minimum absolute atomic E-state index is 0.00944. The summed E-state index contributed by atoms with van der Waals surface area (Å²) in [7, 11) is 0. The maximum atomic E-state index is 11.6. The van der Waals surface area contributed by atoms with Gasteiger partial charge in [0.2, 0.25) is 5.96 Å². The van der Waals surface area contributed by atoms with Crippen molar-refractivity contribution >= 4 is 17.7 Å². The molecule has 0 saturated carbocycles. The number of nitrogens with zero attached hydrogens (tertiary/aromatic N) is 2. The first kappa shape index (κ1) is 15.7. The minimum Gasteiger partial charge on any atom is -0.444 e. The second-order valence-corrected chi connectivity index (χ2v) is 4.71. The number of alkyl carbamates (subject to hydrolysis) is 1. The number of hydrogen-bond donors (Lipinski definition) is 3. The normalized spacial score (nSPS) is 14.3. The molecule has 22 heavy (non-hydrogen) atoms. The molecule has 0 aliphatic carbocycles. The predicted molar refractivity (Wildman–Crippen MR) is 78.6 cm³/mol. The number of rotatable bonds is 3. The summed E-state index contributed by atoms with van der Waals surface area (Å²) in [6, 6.07) is 5.73. The third-order valence-corrected chi connectivity index (χ3v) is 3.17. The number of non-ortho nitro benzene ring substituents is 1. The van der Waals surface area contributed by atoms with Crippen LogP contribution in [0.15, 0.2) is 24.3 Å². The van der Waals surface area contributed by atoms with E-state index in [9.17, 15) is 14.9 Å². The summed E-state index contributed by atoms with van der Waals surface area (Å²) in [4.78, 5) is 23.4. The molecule has 1 aromatic carbocycles. The number of amides is 1. The molecular weight excluding hydrogens is 290 g/mol. The first-order valence-corrected chi connectivity index (χ1v) is 6.77. The molecule has 0 radical (unpaired) electrons. The van der Waals surface area contributed by atoms with Gasteiger partial charge in [0.25, 0.3) is 5.69 Å². The molecule has 0 spiro atoms. The molecule has 1 aliphatic rings. The lowest BCUT2D eigenvalue weighted by Crippen LogP contribution is -2.51. The molecule has 1 aromatic rings. The molecular formula is C13H17N5O4. The summed E-state index contributed by atoms with van der Waals surface area (Å²) in [6.45, 7) is 2.82. The van der Waals surface area contributed by atoms with Crippen molar-refractivity contribution < 1.29 is 14.5 Å². The van der Waals surface area contributed by atoms with Crippen LogP contribution < -0.4 is 10.6 Å². The first-order valence-electron chi connectivity index (χ1n) is 6.77. The summed E-state index contributed by atoms with van der Waals surface area (Å²) >= 11 is 0. The van der Waals surface area contributed by atoms with Gasteiger partial charge in [0, 0.05) is 38.3 Å². The molecule has 1 aliphatic heterocycles. The van der Waals surface area contributed by atoms with Gasteiger partial charge in [-0.05, 0) is 17.7 Å². The number of nitrogens with one attached hydrogen (secondary N) is 3. The van der Waals surface area contributed by atoms with E-state index in [1.807, 2.05) is 0 Å². The van der Waals surface area contributed by atoms with Crippen LogP contribution in [0.2, 0.25) is 0 Å². The molecule has 9 heteroatoms. The van der Waals surface area contributed by atoms with Crippen LogP contribution in [-0.2, 0) is 11.3 Å². The van der Waals surface area contributed by atoms with Crippen molar-refractivity contribution in [2.24, 2.45) is 0 Å². The van der Waals surface area contributed by atoms with Crippen molar-refractivity contribution in [2.75, 3.05) is 26.2 Å². The van der Waals surface area contributed by atoms with Gasteiger partial charge in [-0.2, -0.15) is 0 Å². The second kappa shape index (κ2) is 7.36. The summed E-state index contributed by atoms with van der Waals surface area (Å²) in [5, 5.41) is 23.8. The van der Waals surface area contributed by atoms with Crippen molar-refractivity contribution in [3.63, 3.8) is 0 Å². The highest BCUT2D eigenvalue weighted by atomic mass is 16.6. The van der Waals surface area contributed by atoms with Gasteiger partial charge in [0.05, 0.1) is 4.92 Å². The predicted octanol–water partition coefficient (Wildman–Crippen LogP) is 0.661. The van der Waals surface area contributed by atoms with Crippen molar-refractivity contribution in [3.05, 3.63) is 39.9 Å². The lowest BCUT2D eigenvalue weighted by Gasteiger charge is -2.29. The Bertz CT molecular complexity index is 554. The van der Waals surface area contributed by atoms with Gasteiger partial charge in [-0.15, -0.1) is 0 Å². The molecule has 1 heterocycles. The maximum Gasteiger partial charge on any atom is 0.414 e. The number of carbonyl (C=O) groups is 1. The van der Waals surface area contributed by atoms with E-state index >= 15 is 0 Å². The molecule has 1 amide bonds. The fourth-order valence-electron chi connectivity index (χ4n) is 1.96. The van der Waals surface area contributed by atoms with Gasteiger partial charge in [0.1, 0.15) is 6.61 Å². The lowest BCUT2D eigenvalue weighted by molar-refractivity contribution is -0.384. The molecule has 0 unspecified atom stereocenters. The smallest absolute Gasteiger partial charge is 0.414 e. The van der Waals surface area contributed by atoms with E-state index in [0.717, 1.165) is 13.1 Å². The first-order chi connectivity index (χ1) is 10.6. The fourth-order valence-corrected chi connectivity index (χ4v) is 1.96. The number of piperazine rings is 1. The highest BCUT2D eigenvalue weighted by Gasteiger charge is 2.15. The Balaban J connectivity index is 1.77. The van der Waals surface area contributed by atoms with Gasteiger partial charge >= 0.3 is 6.09 Å². The molecule has 1 fully saturated rings. The second-order valence-electron chi connectivity index (χ2n) is 4.71. The molecule has 9 nitrogen and oxygen atoms in total. The number of benzene rings is 1. The third kappa shape index (κ3) is 4.42. The number of guanidine groups is 1. The zero-order valence-corrected chi connectivity index (χ0v) is 11.9. The third-order valence-electron chi connectivity index (χ3n) is 3.17. The number of nitro groups is 1. The monoisotopic (exact) mass is 307 g/mol. The van der Waals surface area contributed by atoms with Crippen molar-refractivity contribution in [1.29, 1.82) is 5.41 Å². The molecule has 2 rings (SSSR count). The van der Waals surface area contributed by atoms with E-state index < -0.39 is 11.0 Å². The van der Waals surface area contributed by atoms with Gasteiger partial charge in [-0.25, -0.2) is 4.79 Å². The van der Waals surface area contributed by atoms with Crippen molar-refractivity contribution in [1.82, 2.24) is 15.5 Å². The van der Waals surface area contributed by atoms with Crippen LogP contribution in [-0.4, -0.2) is 48.1 Å². The summed E-state index contributed by atoms with van der Waals surface area (Å²) in [5.74, 6) is 0.00944. The number of carbonyl (C=O) groups excluding carboxylic acids is 1. The average Bonchev–Trinajstić information content (AvgIpc) is 2.54. The Labute approximate surface area is 126 Å². The largest absolute Gasteiger partial charge is 0.444 e. The van der Waals surface area contributed by atoms with Gasteiger partial charge in [-0.1, -0.05) is 0 Å². The lowest BCUT2D eigenvalue weighted by atomic mass is 10.2. The zero-order valence-electron chi connectivity index (χ0n) is 11.9. The standard InChI is InChI=1S/C13H17N5O4/c14-12(17-7-5-15-6-8-17)16-13(19)22-9-10-1-3-11(4-2-10)18(20)21/h1-4,15H,5-9H2,(H2,14,16,19). The number of hydrogen-bond acceptors (Lipinski definition) is 6. The fraction of sp³-hybridized carbons (Fsp3) is 0.385. The Morgan fingerprint density at radius 2 is 2.00 bits per heavy atom. The highest BCUT2D eigenvalue weighted by molar-refractivity contribution is 5.92. The average molecular weight is 307 g/mol. The van der Waals surface area contributed by atoms with Crippen LogP contribution in [0.3, 0.4) is 0 Å². The van der Waals surface area contributed by atoms with Crippen LogP contribution in [0, 0.1) is 15.5 Å². The van der Waals surface area contributed by atoms with E-state index in [2.05, 4.69) is 10.6 Å². The molecule has 1 saturated heterocycles. The van der Waals surface area contributed by atoms with Crippen molar-refractivity contribution in [3.8, 4) is 0 Å². The number of nitro benzene ring substituents is 1. The maximum absolute atomic E-state index is 11.6. The quantitative estimate of drug-likeness (QED) is 0.326. The summed E-state index contributed by atoms with van der Waals surface area (Å²) in [5.41, 5.74) is 0.614. The molecule has 0 aromatic heterocycles. The van der Waals surface area contributed by atoms with Crippen LogP contribution in [0.1, 0.15) is 5.56 Å². The van der Waals surface area contributed by atoms with Crippen LogP contribution in [0.4, 0.5) is 10.5 Å². The van der Waals surface area contributed by atoms with E-state index in [1.54, 1.807) is 4.90 Å². The van der Waals surface area contributed by atoms with Crippen LogP contribution in [0.5, 0.6) is 0 Å². The zero-order chi connectivity index (χ0) is 15.9. The Morgan fingerprint density at radius 3 is 2.59 bits per heavy atom. The summed E-state index contributed by atoms with van der Waals surface area (Å²) in [6.07, 6.45) is -0.720. The molecule has 3 N–H and O–H groups in total. The Morgan fingerprint density at radius 1 is 1.36 bits per heavy atom. The highest BCUT2D eigenvalue weighted by Crippen LogP contribution is 2.12. The van der Waals surface area contributed by atoms with Crippen LogP contribution >= 0.6 is 0 Å². The van der Waals surface area contributed by atoms with Gasteiger partial charge < -0.3 is 15.0 Å². The van der Waals surface area contributed by atoms with Crippen LogP contribution in [0.25, 0.3) is 0 Å². The molecule has 0 atom stereocenters. The van der Waals surface area contributed by atoms with E-state index in [0.29, 0.717) is 18.7 Å². The van der Waals surface area contributed by atoms with E-state index in [4.69, 9.17) is 10.1 Å². The van der Waals surface area contributed by atoms with E-state index in [-0.39, 0.29) is 18.3 Å². The topological polar surface area (TPSA) is 121 Å². The molecule has 118 valence electrons. The van der Waals surface area contributed by atoms with Gasteiger partial charge in [0.15, 0.2) is 0 Å². The molecule has 0 bridgehead atoms. The SMILES string of the molecule is N=C(NC(=O)OCc1ccc([N+](=O)[O-])cc1)N1CCNCC1. The summed E-state index contributed by atoms with van der Waals surface area (Å²) < 4.78 is 4.99. The Kier molecular flexibility index (Phi) is 5.26.